The van der Waals surface area contributed by atoms with Crippen LogP contribution in [0.5, 0.6) is 11.5 Å². The average molecular weight is 283 g/mol. The van der Waals surface area contributed by atoms with Crippen molar-refractivity contribution < 1.29 is 14.3 Å². The molecule has 0 atom stereocenters. The predicted octanol–water partition coefficient (Wildman–Crippen LogP) is 2.47. The van der Waals surface area contributed by atoms with E-state index in [9.17, 15) is 4.79 Å². The van der Waals surface area contributed by atoms with Gasteiger partial charge in [0.05, 0.1) is 12.8 Å². The molecule has 6 heteroatoms. The number of carbonyl (C=O) groups is 1. The molecule has 2 heterocycles. The standard InChI is InChI=1S/C15H13N3O3/c1-20-11-6-4-10(5-7-11)12-9-18-8-2-3-13(14(18)17-12)21-15(16)19/h2-9H,1H3,(H2,16,19). The summed E-state index contributed by atoms with van der Waals surface area (Å²) >= 11 is 0. The first-order chi connectivity index (χ1) is 10.2. The van der Waals surface area contributed by atoms with Crippen molar-refractivity contribution in [2.45, 2.75) is 0 Å². The first-order valence-corrected chi connectivity index (χ1v) is 6.27. The van der Waals surface area contributed by atoms with Gasteiger partial charge in [-0.1, -0.05) is 0 Å². The first-order valence-electron chi connectivity index (χ1n) is 6.27. The highest BCUT2D eigenvalue weighted by molar-refractivity contribution is 5.73. The number of primary amides is 1. The molecular formula is C15H13N3O3. The van der Waals surface area contributed by atoms with E-state index in [1.807, 2.05) is 36.7 Å². The molecule has 0 unspecified atom stereocenters. The zero-order chi connectivity index (χ0) is 14.8. The van der Waals surface area contributed by atoms with Crippen molar-refractivity contribution in [1.29, 1.82) is 0 Å². The molecule has 0 radical (unpaired) electrons. The maximum Gasteiger partial charge on any atom is 0.410 e. The Kier molecular flexibility index (Phi) is 3.19. The van der Waals surface area contributed by atoms with Crippen LogP contribution in [0.1, 0.15) is 0 Å². The number of imidazole rings is 1. The molecule has 0 spiro atoms. The predicted molar refractivity (Wildman–Crippen MR) is 77.4 cm³/mol. The van der Waals surface area contributed by atoms with Gasteiger partial charge in [0.1, 0.15) is 5.75 Å². The van der Waals surface area contributed by atoms with E-state index in [2.05, 4.69) is 4.98 Å². The van der Waals surface area contributed by atoms with E-state index in [-0.39, 0.29) is 0 Å². The summed E-state index contributed by atoms with van der Waals surface area (Å²) < 4.78 is 11.9. The minimum atomic E-state index is -0.864. The molecule has 1 aromatic carbocycles. The number of methoxy groups -OCH3 is 1. The molecule has 21 heavy (non-hydrogen) atoms. The molecule has 1 amide bonds. The molecule has 0 bridgehead atoms. The topological polar surface area (TPSA) is 78.9 Å². The smallest absolute Gasteiger partial charge is 0.410 e. The Balaban J connectivity index is 2.05. The van der Waals surface area contributed by atoms with Gasteiger partial charge in [0.15, 0.2) is 11.4 Å². The number of benzene rings is 1. The molecule has 6 nitrogen and oxygen atoms in total. The molecule has 0 aliphatic heterocycles. The lowest BCUT2D eigenvalue weighted by Crippen LogP contribution is -2.16. The highest BCUT2D eigenvalue weighted by Crippen LogP contribution is 2.25. The van der Waals surface area contributed by atoms with Crippen LogP contribution in [0.2, 0.25) is 0 Å². The maximum atomic E-state index is 10.9. The molecule has 3 aromatic rings. The number of nitrogens with two attached hydrogens (primary N) is 1. The molecule has 0 saturated carbocycles. The van der Waals surface area contributed by atoms with Crippen molar-refractivity contribution in [3.8, 4) is 22.8 Å². The summed E-state index contributed by atoms with van der Waals surface area (Å²) in [5, 5.41) is 0. The lowest BCUT2D eigenvalue weighted by atomic mass is 10.2. The van der Waals surface area contributed by atoms with E-state index in [1.54, 1.807) is 23.6 Å². The molecule has 106 valence electrons. The number of carbonyl (C=O) groups excluding carboxylic acids is 1. The number of hydrogen-bond acceptors (Lipinski definition) is 4. The number of amides is 1. The van der Waals surface area contributed by atoms with E-state index in [4.69, 9.17) is 15.2 Å². The second-order valence-electron chi connectivity index (χ2n) is 4.38. The van der Waals surface area contributed by atoms with Crippen LogP contribution < -0.4 is 15.2 Å². The van der Waals surface area contributed by atoms with Gasteiger partial charge in [-0.3, -0.25) is 0 Å². The molecule has 0 aliphatic rings. The monoisotopic (exact) mass is 283 g/mol. The fraction of sp³-hybridized carbons (Fsp3) is 0.0667. The summed E-state index contributed by atoms with van der Waals surface area (Å²) in [6, 6.07) is 10.9. The number of nitrogens with zero attached hydrogens (tertiary/aromatic N) is 2. The van der Waals surface area contributed by atoms with Crippen molar-refractivity contribution in [1.82, 2.24) is 9.38 Å². The Morgan fingerprint density at radius 2 is 2.00 bits per heavy atom. The van der Waals surface area contributed by atoms with Gasteiger partial charge in [-0.25, -0.2) is 9.78 Å². The van der Waals surface area contributed by atoms with Crippen LogP contribution in [0.3, 0.4) is 0 Å². The molecule has 2 N–H and O–H groups in total. The Labute approximate surface area is 120 Å². The zero-order valence-corrected chi connectivity index (χ0v) is 11.3. The SMILES string of the molecule is COc1ccc(-c2cn3cccc(OC(N)=O)c3n2)cc1. The summed E-state index contributed by atoms with van der Waals surface area (Å²) in [5.41, 5.74) is 7.28. The summed E-state index contributed by atoms with van der Waals surface area (Å²) in [4.78, 5) is 15.4. The second kappa shape index (κ2) is 5.16. The molecule has 3 rings (SSSR count). The summed E-state index contributed by atoms with van der Waals surface area (Å²) in [6.45, 7) is 0. The van der Waals surface area contributed by atoms with Crippen LogP contribution >= 0.6 is 0 Å². The van der Waals surface area contributed by atoms with Crippen molar-refractivity contribution in [2.75, 3.05) is 7.11 Å². The van der Waals surface area contributed by atoms with E-state index < -0.39 is 6.09 Å². The van der Waals surface area contributed by atoms with Gasteiger partial charge in [-0.05, 0) is 36.4 Å². The van der Waals surface area contributed by atoms with Crippen LogP contribution in [0.15, 0.2) is 48.8 Å². The van der Waals surface area contributed by atoms with Gasteiger partial charge in [0, 0.05) is 18.0 Å². The highest BCUT2D eigenvalue weighted by atomic mass is 16.5. The third-order valence-electron chi connectivity index (χ3n) is 3.04. The minimum Gasteiger partial charge on any atom is -0.497 e. The Bertz CT molecular complexity index is 794. The fourth-order valence-electron chi connectivity index (χ4n) is 2.08. The van der Waals surface area contributed by atoms with Gasteiger partial charge in [-0.15, -0.1) is 0 Å². The van der Waals surface area contributed by atoms with Crippen molar-refractivity contribution in [2.24, 2.45) is 5.73 Å². The Morgan fingerprint density at radius 3 is 2.67 bits per heavy atom. The van der Waals surface area contributed by atoms with E-state index in [0.29, 0.717) is 11.4 Å². The van der Waals surface area contributed by atoms with Crippen molar-refractivity contribution >= 4 is 11.7 Å². The lowest BCUT2D eigenvalue weighted by molar-refractivity contribution is 0.211. The van der Waals surface area contributed by atoms with Gasteiger partial charge in [0.25, 0.3) is 0 Å². The zero-order valence-electron chi connectivity index (χ0n) is 11.3. The van der Waals surface area contributed by atoms with Gasteiger partial charge < -0.3 is 19.6 Å². The Hall–Kier alpha value is -3.02. The number of fused-ring (bicyclic) bond motifs is 1. The quantitative estimate of drug-likeness (QED) is 0.800. The molecule has 2 aromatic heterocycles. The van der Waals surface area contributed by atoms with E-state index in [0.717, 1.165) is 17.0 Å². The lowest BCUT2D eigenvalue weighted by Gasteiger charge is -2.01. The van der Waals surface area contributed by atoms with Crippen LogP contribution in [-0.2, 0) is 0 Å². The Morgan fingerprint density at radius 1 is 1.24 bits per heavy atom. The number of aromatic nitrogens is 2. The number of ether oxygens (including phenoxy) is 2. The van der Waals surface area contributed by atoms with Gasteiger partial charge in [-0.2, -0.15) is 0 Å². The van der Waals surface area contributed by atoms with Gasteiger partial charge >= 0.3 is 6.09 Å². The minimum absolute atomic E-state index is 0.324. The molecule has 0 fully saturated rings. The van der Waals surface area contributed by atoms with Gasteiger partial charge in [0.2, 0.25) is 0 Å². The number of pyridine rings is 1. The average Bonchev–Trinajstić information content (AvgIpc) is 2.92. The van der Waals surface area contributed by atoms with Crippen LogP contribution in [-0.4, -0.2) is 22.6 Å². The van der Waals surface area contributed by atoms with Crippen LogP contribution in [0.4, 0.5) is 4.79 Å². The molecular weight excluding hydrogens is 270 g/mol. The van der Waals surface area contributed by atoms with E-state index >= 15 is 0 Å². The normalized spacial score (nSPS) is 10.5. The third kappa shape index (κ3) is 2.51. The van der Waals surface area contributed by atoms with Crippen molar-refractivity contribution in [3.63, 3.8) is 0 Å². The fourth-order valence-corrected chi connectivity index (χ4v) is 2.08. The first kappa shape index (κ1) is 13.0. The highest BCUT2D eigenvalue weighted by Gasteiger charge is 2.10. The summed E-state index contributed by atoms with van der Waals surface area (Å²) in [6.07, 6.45) is 2.81. The van der Waals surface area contributed by atoms with E-state index in [1.165, 1.54) is 0 Å². The van der Waals surface area contributed by atoms with Crippen LogP contribution in [0, 0.1) is 0 Å². The number of rotatable bonds is 3. The third-order valence-corrected chi connectivity index (χ3v) is 3.04. The van der Waals surface area contributed by atoms with Crippen molar-refractivity contribution in [3.05, 3.63) is 48.8 Å². The summed E-state index contributed by atoms with van der Waals surface area (Å²) in [7, 11) is 1.62. The maximum absolute atomic E-state index is 10.9. The molecule has 0 aliphatic carbocycles. The summed E-state index contributed by atoms with van der Waals surface area (Å²) in [5.74, 6) is 1.10. The number of hydrogen-bond donors (Lipinski definition) is 1. The van der Waals surface area contributed by atoms with Crippen LogP contribution in [0.25, 0.3) is 16.9 Å². The molecule has 0 saturated heterocycles. The largest absolute Gasteiger partial charge is 0.497 e. The second-order valence-corrected chi connectivity index (χ2v) is 4.38.